The van der Waals surface area contributed by atoms with Crippen LogP contribution < -0.4 is 5.32 Å². The molecular weight excluding hydrogens is 240 g/mol. The van der Waals surface area contributed by atoms with Crippen LogP contribution in [0.1, 0.15) is 37.9 Å². The number of imidazole rings is 1. The van der Waals surface area contributed by atoms with Gasteiger partial charge in [-0.15, -0.1) is 0 Å². The molecular formula is C14H22N4O. The third kappa shape index (κ3) is 2.97. The highest BCUT2D eigenvalue weighted by Crippen LogP contribution is 2.19. The zero-order chi connectivity index (χ0) is 13.1. The van der Waals surface area contributed by atoms with Gasteiger partial charge in [0, 0.05) is 13.0 Å². The summed E-state index contributed by atoms with van der Waals surface area (Å²) >= 11 is 0. The number of anilines is 1. The number of amides is 1. The largest absolute Gasteiger partial charge is 0.315 e. The normalized spacial score (nSPS) is 20.0. The first-order valence-electron chi connectivity index (χ1n) is 7.39. The number of likely N-dealkylation sites (tertiary alicyclic amines) is 1. The lowest BCUT2D eigenvalue weighted by molar-refractivity contribution is -0.117. The second kappa shape index (κ2) is 5.74. The summed E-state index contributed by atoms with van der Waals surface area (Å²) in [7, 11) is 0. The first-order valence-corrected chi connectivity index (χ1v) is 7.39. The number of nitrogens with one attached hydrogen (secondary N) is 1. The number of carbonyl (C=O) groups is 1. The molecule has 2 aliphatic heterocycles. The number of piperidine rings is 1. The molecule has 0 saturated carbocycles. The zero-order valence-corrected chi connectivity index (χ0v) is 11.4. The summed E-state index contributed by atoms with van der Waals surface area (Å²) in [6.07, 6.45) is 8.95. The van der Waals surface area contributed by atoms with Crippen LogP contribution in [0.4, 0.5) is 5.82 Å². The van der Waals surface area contributed by atoms with Crippen LogP contribution in [-0.2, 0) is 17.8 Å². The molecule has 0 aromatic carbocycles. The molecule has 19 heavy (non-hydrogen) atoms. The Kier molecular flexibility index (Phi) is 3.82. The van der Waals surface area contributed by atoms with Crippen molar-refractivity contribution in [1.29, 1.82) is 0 Å². The van der Waals surface area contributed by atoms with Crippen LogP contribution in [0.3, 0.4) is 0 Å². The lowest BCUT2D eigenvalue weighted by Crippen LogP contribution is -2.37. The fourth-order valence-electron chi connectivity index (χ4n) is 3.02. The Hall–Kier alpha value is -1.36. The predicted octanol–water partition coefficient (Wildman–Crippen LogP) is 1.64. The maximum atomic E-state index is 12.1. The Balaban J connectivity index is 1.58. The molecule has 1 aromatic heterocycles. The molecule has 1 aromatic rings. The van der Waals surface area contributed by atoms with Gasteiger partial charge in [0.25, 0.3) is 0 Å². The standard InChI is InChI=1S/C14H22N4O/c19-14(11-17-7-3-1-4-8-17)16-13-10-15-12-6-2-5-9-18(12)13/h10H,1-9,11H2,(H,16,19). The van der Waals surface area contributed by atoms with Gasteiger partial charge in [0.15, 0.2) is 0 Å². The summed E-state index contributed by atoms with van der Waals surface area (Å²) in [4.78, 5) is 18.7. The van der Waals surface area contributed by atoms with Crippen molar-refractivity contribution in [1.82, 2.24) is 14.5 Å². The predicted molar refractivity (Wildman–Crippen MR) is 74.1 cm³/mol. The van der Waals surface area contributed by atoms with Gasteiger partial charge in [-0.05, 0) is 38.8 Å². The topological polar surface area (TPSA) is 50.2 Å². The van der Waals surface area contributed by atoms with E-state index in [0.29, 0.717) is 6.54 Å². The van der Waals surface area contributed by atoms with Crippen molar-refractivity contribution in [3.8, 4) is 0 Å². The van der Waals surface area contributed by atoms with Gasteiger partial charge in [-0.2, -0.15) is 0 Å². The van der Waals surface area contributed by atoms with Crippen LogP contribution in [0.2, 0.25) is 0 Å². The van der Waals surface area contributed by atoms with E-state index in [2.05, 4.69) is 19.8 Å². The van der Waals surface area contributed by atoms with E-state index in [0.717, 1.165) is 37.7 Å². The maximum absolute atomic E-state index is 12.1. The Labute approximate surface area is 114 Å². The van der Waals surface area contributed by atoms with Crippen molar-refractivity contribution >= 4 is 11.7 Å². The van der Waals surface area contributed by atoms with Crippen LogP contribution in [-0.4, -0.2) is 40.0 Å². The average Bonchev–Trinajstić information content (AvgIpc) is 2.83. The van der Waals surface area contributed by atoms with Gasteiger partial charge in [0.05, 0.1) is 12.7 Å². The summed E-state index contributed by atoms with van der Waals surface area (Å²) in [6, 6.07) is 0. The minimum Gasteiger partial charge on any atom is -0.315 e. The highest BCUT2D eigenvalue weighted by atomic mass is 16.2. The molecule has 1 fully saturated rings. The minimum absolute atomic E-state index is 0.0928. The van der Waals surface area contributed by atoms with Gasteiger partial charge in [-0.3, -0.25) is 9.69 Å². The summed E-state index contributed by atoms with van der Waals surface area (Å²) in [5.74, 6) is 2.08. The average molecular weight is 262 g/mol. The van der Waals surface area contributed by atoms with Gasteiger partial charge >= 0.3 is 0 Å². The number of nitrogens with zero attached hydrogens (tertiary/aromatic N) is 3. The highest BCUT2D eigenvalue weighted by molar-refractivity contribution is 5.91. The first-order chi connectivity index (χ1) is 9.33. The van der Waals surface area contributed by atoms with Crippen molar-refractivity contribution in [3.63, 3.8) is 0 Å². The molecule has 0 atom stereocenters. The fraction of sp³-hybridized carbons (Fsp3) is 0.714. The number of hydrogen-bond acceptors (Lipinski definition) is 3. The third-order valence-corrected chi connectivity index (χ3v) is 4.05. The van der Waals surface area contributed by atoms with Crippen molar-refractivity contribution in [3.05, 3.63) is 12.0 Å². The highest BCUT2D eigenvalue weighted by Gasteiger charge is 2.17. The molecule has 0 aliphatic carbocycles. The van der Waals surface area contributed by atoms with Gasteiger partial charge in [-0.25, -0.2) is 4.98 Å². The lowest BCUT2D eigenvalue weighted by atomic mass is 10.1. The van der Waals surface area contributed by atoms with E-state index in [1.165, 1.54) is 32.1 Å². The molecule has 0 radical (unpaired) electrons. The quantitative estimate of drug-likeness (QED) is 0.901. The Bertz CT molecular complexity index is 448. The molecule has 0 unspecified atom stereocenters. The molecule has 1 N–H and O–H groups in total. The van der Waals surface area contributed by atoms with E-state index < -0.39 is 0 Å². The molecule has 0 bridgehead atoms. The van der Waals surface area contributed by atoms with E-state index in [-0.39, 0.29) is 5.91 Å². The summed E-state index contributed by atoms with van der Waals surface area (Å²) < 4.78 is 2.15. The monoisotopic (exact) mass is 262 g/mol. The van der Waals surface area contributed by atoms with Crippen molar-refractivity contribution in [2.45, 2.75) is 45.1 Å². The number of rotatable bonds is 3. The third-order valence-electron chi connectivity index (χ3n) is 4.05. The number of hydrogen-bond donors (Lipinski definition) is 1. The van der Waals surface area contributed by atoms with Gasteiger partial charge in [0.1, 0.15) is 11.6 Å². The molecule has 5 heteroatoms. The molecule has 104 valence electrons. The minimum atomic E-state index is 0.0928. The van der Waals surface area contributed by atoms with Crippen LogP contribution in [0, 0.1) is 0 Å². The van der Waals surface area contributed by atoms with Crippen molar-refractivity contribution in [2.75, 3.05) is 25.0 Å². The number of fused-ring (bicyclic) bond motifs is 1. The molecule has 1 amide bonds. The Morgan fingerprint density at radius 1 is 1.16 bits per heavy atom. The van der Waals surface area contributed by atoms with Crippen molar-refractivity contribution in [2.24, 2.45) is 0 Å². The SMILES string of the molecule is O=C(CN1CCCCC1)Nc1cnc2n1CCCC2. The second-order valence-electron chi connectivity index (χ2n) is 5.55. The van der Waals surface area contributed by atoms with E-state index in [9.17, 15) is 4.79 Å². The summed E-state index contributed by atoms with van der Waals surface area (Å²) in [5, 5.41) is 3.02. The number of aromatic nitrogens is 2. The summed E-state index contributed by atoms with van der Waals surface area (Å²) in [6.45, 7) is 3.60. The van der Waals surface area contributed by atoms with Crippen LogP contribution in [0.5, 0.6) is 0 Å². The van der Waals surface area contributed by atoms with Crippen LogP contribution in [0.25, 0.3) is 0 Å². The molecule has 5 nitrogen and oxygen atoms in total. The van der Waals surface area contributed by atoms with E-state index in [1.807, 2.05) is 0 Å². The van der Waals surface area contributed by atoms with Gasteiger partial charge in [-0.1, -0.05) is 6.42 Å². The molecule has 0 spiro atoms. The molecule has 3 rings (SSSR count). The van der Waals surface area contributed by atoms with Crippen molar-refractivity contribution < 1.29 is 4.79 Å². The number of aryl methyl sites for hydroxylation is 1. The zero-order valence-electron chi connectivity index (χ0n) is 11.4. The number of carbonyl (C=O) groups excluding carboxylic acids is 1. The van der Waals surface area contributed by atoms with Gasteiger partial charge < -0.3 is 9.88 Å². The Morgan fingerprint density at radius 3 is 2.79 bits per heavy atom. The molecule has 1 saturated heterocycles. The summed E-state index contributed by atoms with van der Waals surface area (Å²) in [5.41, 5.74) is 0. The van der Waals surface area contributed by atoms with E-state index in [1.54, 1.807) is 6.20 Å². The maximum Gasteiger partial charge on any atom is 0.239 e. The molecule has 2 aliphatic rings. The fourth-order valence-corrected chi connectivity index (χ4v) is 3.02. The van der Waals surface area contributed by atoms with Gasteiger partial charge in [0.2, 0.25) is 5.91 Å². The van der Waals surface area contributed by atoms with Crippen LogP contribution in [0.15, 0.2) is 6.20 Å². The van der Waals surface area contributed by atoms with E-state index in [4.69, 9.17) is 0 Å². The van der Waals surface area contributed by atoms with E-state index >= 15 is 0 Å². The first kappa shape index (κ1) is 12.7. The smallest absolute Gasteiger partial charge is 0.239 e. The molecule has 3 heterocycles. The lowest BCUT2D eigenvalue weighted by Gasteiger charge is -2.25. The Morgan fingerprint density at radius 2 is 1.95 bits per heavy atom. The van der Waals surface area contributed by atoms with Crippen LogP contribution >= 0.6 is 0 Å². The second-order valence-corrected chi connectivity index (χ2v) is 5.55.